The van der Waals surface area contributed by atoms with Gasteiger partial charge in [-0.1, -0.05) is 12.2 Å². The molecule has 0 unspecified atom stereocenters. The largest absolute Gasteiger partial charge is 0.361 e. The molecule has 2 aromatic rings. The SMILES string of the molecule is Cc1cc(F)cc2c(=S)cc[nH]c12. The van der Waals surface area contributed by atoms with Crippen LogP contribution in [0.25, 0.3) is 10.9 Å². The number of benzene rings is 1. The fourth-order valence-corrected chi connectivity index (χ4v) is 1.65. The van der Waals surface area contributed by atoms with Gasteiger partial charge in [0.1, 0.15) is 5.82 Å². The normalized spacial score (nSPS) is 10.6. The highest BCUT2D eigenvalue weighted by atomic mass is 32.1. The van der Waals surface area contributed by atoms with Crippen LogP contribution >= 0.6 is 12.2 Å². The van der Waals surface area contributed by atoms with Gasteiger partial charge >= 0.3 is 0 Å². The summed E-state index contributed by atoms with van der Waals surface area (Å²) in [6.45, 7) is 1.86. The summed E-state index contributed by atoms with van der Waals surface area (Å²) in [5.74, 6) is -0.240. The van der Waals surface area contributed by atoms with Gasteiger partial charge in [0, 0.05) is 21.6 Å². The molecule has 1 N–H and O–H groups in total. The van der Waals surface area contributed by atoms with Crippen molar-refractivity contribution in [2.45, 2.75) is 6.92 Å². The van der Waals surface area contributed by atoms with E-state index in [-0.39, 0.29) is 5.82 Å². The third-order valence-electron chi connectivity index (χ3n) is 2.03. The number of aromatic nitrogens is 1. The van der Waals surface area contributed by atoms with Gasteiger partial charge in [-0.05, 0) is 30.7 Å². The molecule has 1 aromatic heterocycles. The van der Waals surface area contributed by atoms with Crippen LogP contribution in [-0.2, 0) is 0 Å². The number of aromatic amines is 1. The summed E-state index contributed by atoms with van der Waals surface area (Å²) in [6.07, 6.45) is 1.77. The van der Waals surface area contributed by atoms with Crippen LogP contribution in [0, 0.1) is 17.3 Å². The Labute approximate surface area is 80.2 Å². The van der Waals surface area contributed by atoms with Gasteiger partial charge in [-0.2, -0.15) is 0 Å². The number of rotatable bonds is 0. The van der Waals surface area contributed by atoms with E-state index in [1.165, 1.54) is 12.1 Å². The van der Waals surface area contributed by atoms with Crippen molar-refractivity contribution in [3.8, 4) is 0 Å². The Morgan fingerprint density at radius 1 is 1.38 bits per heavy atom. The minimum atomic E-state index is -0.240. The molecule has 0 saturated heterocycles. The van der Waals surface area contributed by atoms with Crippen molar-refractivity contribution in [1.29, 1.82) is 0 Å². The summed E-state index contributed by atoms with van der Waals surface area (Å²) < 4.78 is 13.7. The van der Waals surface area contributed by atoms with Crippen LogP contribution in [0.4, 0.5) is 4.39 Å². The monoisotopic (exact) mass is 193 g/mol. The molecule has 66 valence electrons. The molecular formula is C10H8FNS. The number of hydrogen-bond donors (Lipinski definition) is 1. The van der Waals surface area contributed by atoms with Gasteiger partial charge in [-0.25, -0.2) is 4.39 Å². The van der Waals surface area contributed by atoms with E-state index in [0.29, 0.717) is 4.51 Å². The molecule has 0 radical (unpaired) electrons. The summed E-state index contributed by atoms with van der Waals surface area (Å²) in [5, 5.41) is 0.773. The maximum absolute atomic E-state index is 13.0. The van der Waals surface area contributed by atoms with Crippen molar-refractivity contribution >= 4 is 23.1 Å². The van der Waals surface area contributed by atoms with E-state index in [1.807, 2.05) is 6.92 Å². The molecule has 2 rings (SSSR count). The van der Waals surface area contributed by atoms with Crippen LogP contribution in [0.15, 0.2) is 24.4 Å². The number of fused-ring (bicyclic) bond motifs is 1. The first-order chi connectivity index (χ1) is 6.18. The fourth-order valence-electron chi connectivity index (χ4n) is 1.42. The van der Waals surface area contributed by atoms with Gasteiger partial charge in [0.05, 0.1) is 0 Å². The van der Waals surface area contributed by atoms with E-state index in [2.05, 4.69) is 4.98 Å². The van der Waals surface area contributed by atoms with Crippen LogP contribution in [0.1, 0.15) is 5.56 Å². The highest BCUT2D eigenvalue weighted by Crippen LogP contribution is 2.18. The number of H-pyrrole nitrogens is 1. The molecule has 3 heteroatoms. The van der Waals surface area contributed by atoms with Crippen LogP contribution in [0.2, 0.25) is 0 Å². The smallest absolute Gasteiger partial charge is 0.124 e. The number of hydrogen-bond acceptors (Lipinski definition) is 1. The van der Waals surface area contributed by atoms with Crippen molar-refractivity contribution in [2.24, 2.45) is 0 Å². The average Bonchev–Trinajstić information content (AvgIpc) is 2.07. The van der Waals surface area contributed by atoms with Gasteiger partial charge in [0.2, 0.25) is 0 Å². The van der Waals surface area contributed by atoms with Crippen molar-refractivity contribution in [3.05, 3.63) is 40.3 Å². The first-order valence-electron chi connectivity index (χ1n) is 3.96. The second-order valence-electron chi connectivity index (χ2n) is 2.99. The Morgan fingerprint density at radius 2 is 2.15 bits per heavy atom. The maximum Gasteiger partial charge on any atom is 0.124 e. The van der Waals surface area contributed by atoms with E-state index in [9.17, 15) is 4.39 Å². The number of pyridine rings is 1. The van der Waals surface area contributed by atoms with Crippen molar-refractivity contribution in [1.82, 2.24) is 4.98 Å². The zero-order chi connectivity index (χ0) is 9.42. The van der Waals surface area contributed by atoms with Crippen molar-refractivity contribution < 1.29 is 4.39 Å². The number of aryl methyl sites for hydroxylation is 1. The van der Waals surface area contributed by atoms with Crippen LogP contribution in [-0.4, -0.2) is 4.98 Å². The zero-order valence-corrected chi connectivity index (χ0v) is 7.91. The maximum atomic E-state index is 13.0. The van der Waals surface area contributed by atoms with Crippen LogP contribution < -0.4 is 0 Å². The van der Waals surface area contributed by atoms with Crippen LogP contribution in [0.3, 0.4) is 0 Å². The standard InChI is InChI=1S/C10H8FNS/c1-6-4-7(11)5-8-9(13)2-3-12-10(6)8/h2-5H,1H3,(H,12,13). The molecule has 0 spiro atoms. The second kappa shape index (κ2) is 2.92. The lowest BCUT2D eigenvalue weighted by molar-refractivity contribution is 0.628. The second-order valence-corrected chi connectivity index (χ2v) is 3.43. The summed E-state index contributed by atoms with van der Waals surface area (Å²) in [7, 11) is 0. The highest BCUT2D eigenvalue weighted by molar-refractivity contribution is 7.71. The number of halogens is 1. The molecule has 0 fully saturated rings. The Bertz CT molecular complexity index is 516. The topological polar surface area (TPSA) is 15.8 Å². The molecule has 1 heterocycles. The van der Waals surface area contributed by atoms with Crippen LogP contribution in [0.5, 0.6) is 0 Å². The summed E-state index contributed by atoms with van der Waals surface area (Å²) in [6, 6.07) is 4.71. The molecule has 0 aliphatic carbocycles. The summed E-state index contributed by atoms with van der Waals surface area (Å²) in [5.41, 5.74) is 1.79. The van der Waals surface area contributed by atoms with E-state index in [4.69, 9.17) is 12.2 Å². The van der Waals surface area contributed by atoms with E-state index in [0.717, 1.165) is 16.5 Å². The molecule has 1 aromatic carbocycles. The van der Waals surface area contributed by atoms with E-state index >= 15 is 0 Å². The third-order valence-corrected chi connectivity index (χ3v) is 2.38. The lowest BCUT2D eigenvalue weighted by atomic mass is 10.1. The van der Waals surface area contributed by atoms with Crippen molar-refractivity contribution in [2.75, 3.05) is 0 Å². The molecule has 13 heavy (non-hydrogen) atoms. The molecule has 0 aliphatic heterocycles. The zero-order valence-electron chi connectivity index (χ0n) is 7.10. The average molecular weight is 193 g/mol. The first kappa shape index (κ1) is 8.38. The lowest BCUT2D eigenvalue weighted by Crippen LogP contribution is -1.85. The minimum Gasteiger partial charge on any atom is -0.361 e. The quantitative estimate of drug-likeness (QED) is 0.634. The lowest BCUT2D eigenvalue weighted by Gasteiger charge is -2.01. The Morgan fingerprint density at radius 3 is 2.92 bits per heavy atom. The van der Waals surface area contributed by atoms with Gasteiger partial charge in [-0.3, -0.25) is 0 Å². The number of nitrogens with one attached hydrogen (secondary N) is 1. The van der Waals surface area contributed by atoms with Gasteiger partial charge in [0.15, 0.2) is 0 Å². The molecule has 0 saturated carbocycles. The van der Waals surface area contributed by atoms with Gasteiger partial charge in [0.25, 0.3) is 0 Å². The molecule has 0 amide bonds. The van der Waals surface area contributed by atoms with Crippen molar-refractivity contribution in [3.63, 3.8) is 0 Å². The van der Waals surface area contributed by atoms with Gasteiger partial charge < -0.3 is 4.98 Å². The molecule has 0 bridgehead atoms. The Kier molecular flexibility index (Phi) is 1.88. The minimum absolute atomic E-state index is 0.240. The third kappa shape index (κ3) is 1.35. The predicted molar refractivity (Wildman–Crippen MR) is 53.8 cm³/mol. The summed E-state index contributed by atoms with van der Waals surface area (Å²) >= 11 is 5.09. The highest BCUT2D eigenvalue weighted by Gasteiger charge is 2.00. The molecule has 0 aliphatic rings. The van der Waals surface area contributed by atoms with Gasteiger partial charge in [-0.15, -0.1) is 0 Å². The Hall–Kier alpha value is -1.22. The Balaban J connectivity index is 3.03. The fraction of sp³-hybridized carbons (Fsp3) is 0.100. The molecule has 1 nitrogen and oxygen atoms in total. The molecular weight excluding hydrogens is 185 g/mol. The van der Waals surface area contributed by atoms with E-state index < -0.39 is 0 Å². The predicted octanol–water partition coefficient (Wildman–Crippen LogP) is 3.34. The molecule has 0 atom stereocenters. The summed E-state index contributed by atoms with van der Waals surface area (Å²) in [4.78, 5) is 3.05. The first-order valence-corrected chi connectivity index (χ1v) is 4.37. The van der Waals surface area contributed by atoms with E-state index in [1.54, 1.807) is 12.3 Å².